The van der Waals surface area contributed by atoms with Crippen LogP contribution >= 0.6 is 22.7 Å². The number of anilines is 2. The minimum absolute atomic E-state index is 0.161. The zero-order valence-corrected chi connectivity index (χ0v) is 19.5. The van der Waals surface area contributed by atoms with Crippen LogP contribution in [0.3, 0.4) is 0 Å². The third-order valence-electron chi connectivity index (χ3n) is 5.66. The number of halogens is 3. The molecular weight excluding hydrogens is 483 g/mol. The molecule has 4 aromatic heterocycles. The predicted octanol–water partition coefficient (Wildman–Crippen LogP) is 6.18. The number of pyridine rings is 2. The Morgan fingerprint density at radius 2 is 1.94 bits per heavy atom. The van der Waals surface area contributed by atoms with E-state index in [0.717, 1.165) is 16.6 Å². The lowest BCUT2D eigenvalue weighted by Crippen LogP contribution is -2.38. The van der Waals surface area contributed by atoms with E-state index < -0.39 is 11.9 Å². The maximum atomic E-state index is 13.4. The van der Waals surface area contributed by atoms with E-state index in [1.165, 1.54) is 28.7 Å². The number of amides is 2. The number of fused-ring (bicyclic) bond motifs is 1. The summed E-state index contributed by atoms with van der Waals surface area (Å²) in [4.78, 5) is 25.1. The maximum Gasteiger partial charge on any atom is 0.433 e. The van der Waals surface area contributed by atoms with Crippen LogP contribution < -0.4 is 10.2 Å². The topological polar surface area (TPSA) is 61.4 Å². The lowest BCUT2D eigenvalue weighted by molar-refractivity contribution is -0.140. The smallest absolute Gasteiger partial charge is 0.354 e. The molecule has 0 saturated carbocycles. The Balaban J connectivity index is 1.45. The first-order valence-electron chi connectivity index (χ1n) is 10.6. The summed E-state index contributed by atoms with van der Waals surface area (Å²) in [5, 5.41) is 9.89. The molecule has 1 N–H and O–H groups in total. The number of rotatable bonds is 3. The summed E-state index contributed by atoms with van der Waals surface area (Å²) < 4.78 is 40.3. The van der Waals surface area contributed by atoms with Gasteiger partial charge < -0.3 is 9.80 Å². The first-order valence-corrected chi connectivity index (χ1v) is 12.5. The monoisotopic (exact) mass is 503 g/mol. The predicted molar refractivity (Wildman–Crippen MR) is 130 cm³/mol. The van der Waals surface area contributed by atoms with E-state index in [-0.39, 0.29) is 11.5 Å². The Bertz CT molecular complexity index is 1290. The summed E-state index contributed by atoms with van der Waals surface area (Å²) in [6.07, 6.45) is -2.23. The van der Waals surface area contributed by atoms with Gasteiger partial charge in [0.15, 0.2) is 0 Å². The standard InChI is InChI=1S/C23H20F3N5OS2/c24-23(25,26)18-5-4-16-20(28-18)17(15-6-12-33-14-15)13-27-21(16)30-7-2-8-31(10-9-30)22(32)29-19-3-1-11-34-19/h1,3-6,11-14H,2,7-10H2,(H,29,32). The third kappa shape index (κ3) is 4.58. The fourth-order valence-corrected chi connectivity index (χ4v) is 5.27. The van der Waals surface area contributed by atoms with Crippen LogP contribution in [0, 0.1) is 0 Å². The number of hydrogen-bond donors (Lipinski definition) is 1. The van der Waals surface area contributed by atoms with Crippen LogP contribution in [0.2, 0.25) is 0 Å². The van der Waals surface area contributed by atoms with Gasteiger partial charge in [0.1, 0.15) is 11.5 Å². The van der Waals surface area contributed by atoms with Crippen molar-refractivity contribution in [2.24, 2.45) is 0 Å². The number of thiophene rings is 2. The Morgan fingerprint density at radius 3 is 2.68 bits per heavy atom. The minimum Gasteiger partial charge on any atom is -0.354 e. The number of aromatic nitrogens is 2. The van der Waals surface area contributed by atoms with Crippen molar-refractivity contribution in [1.82, 2.24) is 14.9 Å². The van der Waals surface area contributed by atoms with Crippen molar-refractivity contribution < 1.29 is 18.0 Å². The average molecular weight is 504 g/mol. The molecule has 176 valence electrons. The van der Waals surface area contributed by atoms with Gasteiger partial charge >= 0.3 is 12.2 Å². The van der Waals surface area contributed by atoms with Gasteiger partial charge in [-0.25, -0.2) is 14.8 Å². The van der Waals surface area contributed by atoms with E-state index in [1.54, 1.807) is 11.1 Å². The molecule has 1 aliphatic heterocycles. The number of hydrogen-bond acceptors (Lipinski definition) is 6. The molecule has 6 nitrogen and oxygen atoms in total. The highest BCUT2D eigenvalue weighted by Gasteiger charge is 2.33. The van der Waals surface area contributed by atoms with Gasteiger partial charge in [0.2, 0.25) is 0 Å². The van der Waals surface area contributed by atoms with Crippen LogP contribution in [0.4, 0.5) is 28.8 Å². The van der Waals surface area contributed by atoms with Crippen molar-refractivity contribution in [3.05, 3.63) is 58.4 Å². The van der Waals surface area contributed by atoms with Gasteiger partial charge in [-0.1, -0.05) is 0 Å². The van der Waals surface area contributed by atoms with Crippen LogP contribution in [0.5, 0.6) is 0 Å². The highest BCUT2D eigenvalue weighted by Crippen LogP contribution is 2.36. The molecule has 11 heteroatoms. The van der Waals surface area contributed by atoms with Crippen LogP contribution in [-0.2, 0) is 6.18 Å². The second-order valence-corrected chi connectivity index (χ2v) is 9.56. The molecule has 0 atom stereocenters. The van der Waals surface area contributed by atoms with E-state index in [0.29, 0.717) is 49.4 Å². The lowest BCUT2D eigenvalue weighted by atomic mass is 10.1. The summed E-state index contributed by atoms with van der Waals surface area (Å²) in [6, 6.07) is 7.86. The van der Waals surface area contributed by atoms with Gasteiger partial charge in [-0.2, -0.15) is 24.5 Å². The summed E-state index contributed by atoms with van der Waals surface area (Å²) >= 11 is 2.92. The number of alkyl halides is 3. The van der Waals surface area contributed by atoms with Gasteiger partial charge in [-0.05, 0) is 58.5 Å². The first kappa shape index (κ1) is 22.6. The van der Waals surface area contributed by atoms with E-state index in [1.807, 2.05) is 39.2 Å². The SMILES string of the molecule is O=C(Nc1cccs1)N1CCCN(c2ncc(-c3ccsc3)c3nc(C(F)(F)F)ccc23)CC1. The Kier molecular flexibility index (Phi) is 6.13. The normalized spacial score (nSPS) is 14.9. The minimum atomic E-state index is -4.54. The van der Waals surface area contributed by atoms with E-state index in [9.17, 15) is 18.0 Å². The summed E-state index contributed by atoms with van der Waals surface area (Å²) in [7, 11) is 0. The number of carbonyl (C=O) groups is 1. The Labute approximate surface area is 201 Å². The third-order valence-corrected chi connectivity index (χ3v) is 7.13. The molecule has 1 fully saturated rings. The summed E-state index contributed by atoms with van der Waals surface area (Å²) in [5.41, 5.74) is 0.696. The molecule has 0 radical (unpaired) electrons. The molecule has 0 aromatic carbocycles. The Morgan fingerprint density at radius 1 is 1.06 bits per heavy atom. The van der Waals surface area contributed by atoms with Gasteiger partial charge in [-0.15, -0.1) is 11.3 Å². The number of nitrogens with zero attached hydrogens (tertiary/aromatic N) is 4. The van der Waals surface area contributed by atoms with E-state index in [4.69, 9.17) is 0 Å². The molecule has 0 spiro atoms. The number of urea groups is 1. The van der Waals surface area contributed by atoms with Crippen LogP contribution in [-0.4, -0.2) is 47.1 Å². The molecule has 1 saturated heterocycles. The molecule has 2 amide bonds. The molecule has 4 aromatic rings. The van der Waals surface area contributed by atoms with E-state index >= 15 is 0 Å². The number of nitrogens with one attached hydrogen (secondary N) is 1. The second kappa shape index (κ2) is 9.22. The number of carbonyl (C=O) groups excluding carboxylic acids is 1. The molecule has 0 unspecified atom stereocenters. The quantitative estimate of drug-likeness (QED) is 0.363. The molecule has 1 aliphatic rings. The fourth-order valence-electron chi connectivity index (χ4n) is 4.01. The molecule has 0 aliphatic carbocycles. The van der Waals surface area contributed by atoms with Crippen LogP contribution in [0.25, 0.3) is 22.0 Å². The van der Waals surface area contributed by atoms with Crippen molar-refractivity contribution in [1.29, 1.82) is 0 Å². The van der Waals surface area contributed by atoms with Gasteiger partial charge in [0, 0.05) is 43.3 Å². The van der Waals surface area contributed by atoms with Crippen molar-refractivity contribution in [3.8, 4) is 11.1 Å². The largest absolute Gasteiger partial charge is 0.433 e. The van der Waals surface area contributed by atoms with Crippen LogP contribution in [0.15, 0.2) is 52.7 Å². The molecule has 0 bridgehead atoms. The van der Waals surface area contributed by atoms with Gasteiger partial charge in [-0.3, -0.25) is 5.32 Å². The van der Waals surface area contributed by atoms with Crippen molar-refractivity contribution in [3.63, 3.8) is 0 Å². The maximum absolute atomic E-state index is 13.4. The summed E-state index contributed by atoms with van der Waals surface area (Å²) in [6.45, 7) is 2.19. The molecular formula is C23H20F3N5OS2. The zero-order chi connectivity index (χ0) is 23.7. The van der Waals surface area contributed by atoms with Crippen LogP contribution in [0.1, 0.15) is 12.1 Å². The van der Waals surface area contributed by atoms with E-state index in [2.05, 4.69) is 15.3 Å². The first-order chi connectivity index (χ1) is 16.4. The fraction of sp³-hybridized carbons (Fsp3) is 0.261. The Hall–Kier alpha value is -3.18. The highest BCUT2D eigenvalue weighted by molar-refractivity contribution is 7.14. The second-order valence-electron chi connectivity index (χ2n) is 7.83. The van der Waals surface area contributed by atoms with Crippen molar-refractivity contribution in [2.75, 3.05) is 36.4 Å². The average Bonchev–Trinajstić information content (AvgIpc) is 3.48. The highest BCUT2D eigenvalue weighted by atomic mass is 32.1. The molecule has 34 heavy (non-hydrogen) atoms. The van der Waals surface area contributed by atoms with Crippen molar-refractivity contribution in [2.45, 2.75) is 12.6 Å². The van der Waals surface area contributed by atoms with Crippen molar-refractivity contribution >= 4 is 50.4 Å². The lowest BCUT2D eigenvalue weighted by Gasteiger charge is -2.24. The van der Waals surface area contributed by atoms with Gasteiger partial charge in [0.05, 0.1) is 10.5 Å². The molecule has 5 rings (SSSR count). The molecule has 5 heterocycles. The van der Waals surface area contributed by atoms with Gasteiger partial charge in [0.25, 0.3) is 0 Å². The summed E-state index contributed by atoms with van der Waals surface area (Å²) in [5.74, 6) is 0.579. The zero-order valence-electron chi connectivity index (χ0n) is 17.9.